The van der Waals surface area contributed by atoms with Crippen LogP contribution in [0.2, 0.25) is 0 Å². The Hall–Kier alpha value is -1.07. The van der Waals surface area contributed by atoms with E-state index in [1.165, 1.54) is 12.8 Å². The summed E-state index contributed by atoms with van der Waals surface area (Å²) >= 11 is 2.03. The van der Waals surface area contributed by atoms with Crippen LogP contribution in [0.25, 0.3) is 0 Å². The molecule has 2 unspecified atom stereocenters. The second kappa shape index (κ2) is 5.61. The van der Waals surface area contributed by atoms with Crippen LogP contribution in [0.15, 0.2) is 12.1 Å². The Morgan fingerprint density at radius 2 is 1.52 bits per heavy atom. The molecule has 21 heavy (non-hydrogen) atoms. The lowest BCUT2D eigenvalue weighted by molar-refractivity contribution is 0.0192. The number of fused-ring (bicyclic) bond motifs is 2. The van der Waals surface area contributed by atoms with Crippen LogP contribution in [0.3, 0.4) is 0 Å². The summed E-state index contributed by atoms with van der Waals surface area (Å²) in [6.45, 7) is 0. The molecule has 2 heterocycles. The van der Waals surface area contributed by atoms with Gasteiger partial charge in [-0.15, -0.1) is 0 Å². The van der Waals surface area contributed by atoms with Crippen LogP contribution >= 0.6 is 11.8 Å². The number of aliphatic hydroxyl groups is 1. The summed E-state index contributed by atoms with van der Waals surface area (Å²) in [5.41, 5.74) is 0.0818. The smallest absolute Gasteiger partial charge is 0.203 e. The van der Waals surface area contributed by atoms with Gasteiger partial charge in [0.2, 0.25) is 5.75 Å². The number of thioether (sulfide) groups is 1. The molecule has 0 aromatic heterocycles. The van der Waals surface area contributed by atoms with Gasteiger partial charge in [0, 0.05) is 10.5 Å². The molecule has 0 radical (unpaired) electrons. The molecular weight excluding hydrogens is 288 g/mol. The summed E-state index contributed by atoms with van der Waals surface area (Å²) in [5.74, 6) is 1.78. The molecule has 3 rings (SSSR count). The summed E-state index contributed by atoms with van der Waals surface area (Å²) in [6.07, 6.45) is 4.02. The Morgan fingerprint density at radius 3 is 1.95 bits per heavy atom. The summed E-state index contributed by atoms with van der Waals surface area (Å²) in [6, 6.07) is 3.77. The molecule has 0 saturated carbocycles. The molecule has 116 valence electrons. The third-order valence-corrected chi connectivity index (χ3v) is 6.10. The van der Waals surface area contributed by atoms with Gasteiger partial charge in [0.25, 0.3) is 0 Å². The lowest BCUT2D eigenvalue weighted by atomic mass is 9.85. The first-order valence-corrected chi connectivity index (χ1v) is 8.22. The SMILES string of the molecule is COc1cc(C2(O)CC3CCC(C2)S3)cc(OC)c1OC. The third-order valence-electron chi connectivity index (χ3n) is 4.53. The van der Waals surface area contributed by atoms with E-state index in [0.717, 1.165) is 18.4 Å². The van der Waals surface area contributed by atoms with Gasteiger partial charge in [0.05, 0.1) is 26.9 Å². The van der Waals surface area contributed by atoms with Crippen LogP contribution < -0.4 is 14.2 Å². The largest absolute Gasteiger partial charge is 0.493 e. The highest BCUT2D eigenvalue weighted by atomic mass is 32.2. The molecule has 0 spiro atoms. The highest BCUT2D eigenvalue weighted by Crippen LogP contribution is 2.53. The van der Waals surface area contributed by atoms with Crippen LogP contribution in [0.4, 0.5) is 0 Å². The maximum Gasteiger partial charge on any atom is 0.203 e. The molecular formula is C16H22O4S. The van der Waals surface area contributed by atoms with Crippen LogP contribution in [0.1, 0.15) is 31.2 Å². The fourth-order valence-corrected chi connectivity index (χ4v) is 5.34. The van der Waals surface area contributed by atoms with E-state index < -0.39 is 5.60 Å². The first-order chi connectivity index (χ1) is 10.1. The van der Waals surface area contributed by atoms with E-state index in [9.17, 15) is 5.11 Å². The molecule has 4 nitrogen and oxygen atoms in total. The van der Waals surface area contributed by atoms with Gasteiger partial charge in [-0.2, -0.15) is 11.8 Å². The molecule has 5 heteroatoms. The highest BCUT2D eigenvalue weighted by Gasteiger charge is 2.44. The summed E-state index contributed by atoms with van der Waals surface area (Å²) < 4.78 is 16.2. The van der Waals surface area contributed by atoms with Crippen LogP contribution in [-0.2, 0) is 5.60 Å². The van der Waals surface area contributed by atoms with Gasteiger partial charge < -0.3 is 19.3 Å². The summed E-state index contributed by atoms with van der Waals surface area (Å²) in [5, 5.41) is 12.3. The Balaban J connectivity index is 2.01. The minimum Gasteiger partial charge on any atom is -0.493 e. The normalized spacial score (nSPS) is 31.0. The molecule has 1 aromatic carbocycles. The Kier molecular flexibility index (Phi) is 3.97. The number of benzene rings is 1. The van der Waals surface area contributed by atoms with Gasteiger partial charge >= 0.3 is 0 Å². The van der Waals surface area contributed by atoms with Gasteiger partial charge in [-0.3, -0.25) is 0 Å². The van der Waals surface area contributed by atoms with E-state index in [1.54, 1.807) is 21.3 Å². The van der Waals surface area contributed by atoms with Crippen molar-refractivity contribution < 1.29 is 19.3 Å². The van der Waals surface area contributed by atoms with Gasteiger partial charge in [-0.1, -0.05) is 0 Å². The minimum absolute atomic E-state index is 0.563. The Bertz CT molecular complexity index is 494. The van der Waals surface area contributed by atoms with Crippen molar-refractivity contribution in [2.45, 2.75) is 41.8 Å². The molecule has 2 atom stereocenters. The standard InChI is InChI=1S/C16H22O4S/c1-18-13-6-10(7-14(19-2)15(13)20-3)16(17)8-11-4-5-12(9-16)21-11/h6-7,11-12,17H,4-5,8-9H2,1-3H3. The van der Waals surface area contributed by atoms with Crippen molar-refractivity contribution >= 4 is 11.8 Å². The molecule has 2 bridgehead atoms. The van der Waals surface area contributed by atoms with Crippen molar-refractivity contribution in [2.24, 2.45) is 0 Å². The van der Waals surface area contributed by atoms with E-state index in [0.29, 0.717) is 27.7 Å². The topological polar surface area (TPSA) is 47.9 Å². The number of hydrogen-bond donors (Lipinski definition) is 1. The van der Waals surface area contributed by atoms with Crippen molar-refractivity contribution in [1.82, 2.24) is 0 Å². The quantitative estimate of drug-likeness (QED) is 0.926. The van der Waals surface area contributed by atoms with Crippen LogP contribution in [0.5, 0.6) is 17.2 Å². The van der Waals surface area contributed by atoms with Gasteiger partial charge in [0.15, 0.2) is 11.5 Å². The summed E-state index contributed by atoms with van der Waals surface area (Å²) in [4.78, 5) is 0. The van der Waals surface area contributed by atoms with Crippen molar-refractivity contribution in [3.63, 3.8) is 0 Å². The maximum absolute atomic E-state index is 11.2. The third kappa shape index (κ3) is 2.57. The lowest BCUT2D eigenvalue weighted by Gasteiger charge is -2.36. The number of methoxy groups -OCH3 is 3. The van der Waals surface area contributed by atoms with Crippen molar-refractivity contribution in [2.75, 3.05) is 21.3 Å². The number of hydrogen-bond acceptors (Lipinski definition) is 5. The molecule has 2 aliphatic heterocycles. The van der Waals surface area contributed by atoms with Gasteiger partial charge in [-0.05, 0) is 43.4 Å². The van der Waals surface area contributed by atoms with Gasteiger partial charge in [0.1, 0.15) is 0 Å². The average molecular weight is 310 g/mol. The Labute approximate surface area is 129 Å². The van der Waals surface area contributed by atoms with Gasteiger partial charge in [-0.25, -0.2) is 0 Å². The number of ether oxygens (including phenoxy) is 3. The molecule has 0 aliphatic carbocycles. The van der Waals surface area contributed by atoms with E-state index in [4.69, 9.17) is 14.2 Å². The fraction of sp³-hybridized carbons (Fsp3) is 0.625. The lowest BCUT2D eigenvalue weighted by Crippen LogP contribution is -2.34. The molecule has 1 aromatic rings. The zero-order valence-corrected chi connectivity index (χ0v) is 13.5. The molecule has 0 amide bonds. The molecule has 1 N–H and O–H groups in total. The van der Waals surface area contributed by atoms with E-state index >= 15 is 0 Å². The first kappa shape index (κ1) is 14.9. The second-order valence-electron chi connectivity index (χ2n) is 5.81. The Morgan fingerprint density at radius 1 is 1.00 bits per heavy atom. The van der Waals surface area contributed by atoms with Crippen molar-refractivity contribution in [3.8, 4) is 17.2 Å². The van der Waals surface area contributed by atoms with Crippen LogP contribution in [0, 0.1) is 0 Å². The zero-order chi connectivity index (χ0) is 15.0. The predicted molar refractivity (Wildman–Crippen MR) is 83.6 cm³/mol. The molecule has 2 fully saturated rings. The first-order valence-electron chi connectivity index (χ1n) is 7.28. The monoisotopic (exact) mass is 310 g/mol. The predicted octanol–water partition coefficient (Wildman–Crippen LogP) is 2.96. The molecule has 2 aliphatic rings. The van der Waals surface area contributed by atoms with Crippen molar-refractivity contribution in [3.05, 3.63) is 17.7 Å². The van der Waals surface area contributed by atoms with E-state index in [2.05, 4.69) is 0 Å². The fourth-order valence-electron chi connectivity index (χ4n) is 3.50. The van der Waals surface area contributed by atoms with Crippen molar-refractivity contribution in [1.29, 1.82) is 0 Å². The van der Waals surface area contributed by atoms with Crippen LogP contribution in [-0.4, -0.2) is 36.9 Å². The highest BCUT2D eigenvalue weighted by molar-refractivity contribution is 8.00. The minimum atomic E-state index is -0.788. The summed E-state index contributed by atoms with van der Waals surface area (Å²) in [7, 11) is 4.79. The van der Waals surface area contributed by atoms with E-state index in [1.807, 2.05) is 23.9 Å². The van der Waals surface area contributed by atoms with E-state index in [-0.39, 0.29) is 0 Å². The average Bonchev–Trinajstić information content (AvgIpc) is 2.84. The molecule has 2 saturated heterocycles. The number of rotatable bonds is 4. The second-order valence-corrected chi connectivity index (χ2v) is 7.42. The maximum atomic E-state index is 11.2. The zero-order valence-electron chi connectivity index (χ0n) is 12.7.